The summed E-state index contributed by atoms with van der Waals surface area (Å²) in [4.78, 5) is 12.2. The van der Waals surface area contributed by atoms with Gasteiger partial charge in [-0.1, -0.05) is 53.2 Å². The summed E-state index contributed by atoms with van der Waals surface area (Å²) >= 11 is 3.43. The Labute approximate surface area is 127 Å². The van der Waals surface area contributed by atoms with Crippen LogP contribution in [0.2, 0.25) is 0 Å². The molecule has 0 aromatic heterocycles. The summed E-state index contributed by atoms with van der Waals surface area (Å²) < 4.78 is 1.000. The minimum Gasteiger partial charge on any atom is -0.324 e. The van der Waals surface area contributed by atoms with Crippen molar-refractivity contribution in [3.8, 4) is 0 Å². The zero-order valence-electron chi connectivity index (χ0n) is 11.3. The van der Waals surface area contributed by atoms with E-state index in [9.17, 15) is 4.79 Å². The number of halogens is 1. The Bertz CT molecular complexity index is 599. The molecule has 104 valence electrons. The number of benzene rings is 2. The van der Waals surface area contributed by atoms with Crippen molar-refractivity contribution in [3.63, 3.8) is 0 Å². The van der Waals surface area contributed by atoms with E-state index in [0.29, 0.717) is 0 Å². The van der Waals surface area contributed by atoms with Gasteiger partial charge < -0.3 is 11.1 Å². The maximum Gasteiger partial charge on any atom is 0.245 e. The third-order valence-electron chi connectivity index (χ3n) is 3.15. The zero-order chi connectivity index (χ0) is 14.5. The number of carbonyl (C=O) groups is 1. The van der Waals surface area contributed by atoms with Crippen LogP contribution in [0.5, 0.6) is 0 Å². The van der Waals surface area contributed by atoms with Gasteiger partial charge in [-0.05, 0) is 35.7 Å². The summed E-state index contributed by atoms with van der Waals surface area (Å²) in [7, 11) is 0. The van der Waals surface area contributed by atoms with E-state index in [1.54, 1.807) is 0 Å². The van der Waals surface area contributed by atoms with Crippen LogP contribution in [0.4, 0.5) is 5.69 Å². The molecule has 20 heavy (non-hydrogen) atoms. The van der Waals surface area contributed by atoms with Crippen LogP contribution in [0, 0.1) is 0 Å². The van der Waals surface area contributed by atoms with Gasteiger partial charge in [-0.2, -0.15) is 0 Å². The second-order valence-electron chi connectivity index (χ2n) is 4.53. The molecule has 0 aliphatic heterocycles. The van der Waals surface area contributed by atoms with Crippen LogP contribution >= 0.6 is 15.9 Å². The number of nitrogens with two attached hydrogens (primary N) is 1. The van der Waals surface area contributed by atoms with E-state index < -0.39 is 6.04 Å². The fraction of sp³-hybridized carbons (Fsp3) is 0.188. The lowest BCUT2D eigenvalue weighted by Gasteiger charge is -2.15. The lowest BCUT2D eigenvalue weighted by Crippen LogP contribution is -2.28. The molecule has 0 aliphatic carbocycles. The fourth-order valence-electron chi connectivity index (χ4n) is 2.00. The highest BCUT2D eigenvalue weighted by molar-refractivity contribution is 9.10. The predicted octanol–water partition coefficient (Wildman–Crippen LogP) is 3.65. The summed E-state index contributed by atoms with van der Waals surface area (Å²) in [5.74, 6) is -0.201. The van der Waals surface area contributed by atoms with Crippen molar-refractivity contribution in [1.82, 2.24) is 0 Å². The highest BCUT2D eigenvalue weighted by Crippen LogP contribution is 2.22. The van der Waals surface area contributed by atoms with Crippen molar-refractivity contribution < 1.29 is 4.79 Å². The second-order valence-corrected chi connectivity index (χ2v) is 5.45. The van der Waals surface area contributed by atoms with E-state index in [4.69, 9.17) is 5.73 Å². The Morgan fingerprint density at radius 1 is 1.25 bits per heavy atom. The van der Waals surface area contributed by atoms with Crippen LogP contribution in [0.15, 0.2) is 53.0 Å². The maximum absolute atomic E-state index is 12.2. The smallest absolute Gasteiger partial charge is 0.245 e. The molecule has 3 nitrogen and oxygen atoms in total. The monoisotopic (exact) mass is 332 g/mol. The molecule has 1 amide bonds. The second kappa shape index (κ2) is 6.68. The SMILES string of the molecule is CCc1cc(Br)ccc1NC(=O)[C@@H](N)c1ccccc1. The largest absolute Gasteiger partial charge is 0.324 e. The van der Waals surface area contributed by atoms with Gasteiger partial charge in [-0.25, -0.2) is 0 Å². The van der Waals surface area contributed by atoms with E-state index in [1.165, 1.54) is 0 Å². The lowest BCUT2D eigenvalue weighted by molar-refractivity contribution is -0.117. The molecule has 0 saturated heterocycles. The molecule has 1 atom stereocenters. The van der Waals surface area contributed by atoms with Gasteiger partial charge in [0.2, 0.25) is 5.91 Å². The average Bonchev–Trinajstić information content (AvgIpc) is 2.49. The van der Waals surface area contributed by atoms with Gasteiger partial charge >= 0.3 is 0 Å². The maximum atomic E-state index is 12.2. The van der Waals surface area contributed by atoms with Crippen molar-refractivity contribution in [1.29, 1.82) is 0 Å². The predicted molar refractivity (Wildman–Crippen MR) is 85.5 cm³/mol. The first-order valence-corrected chi connectivity index (χ1v) is 7.31. The number of hydrogen-bond donors (Lipinski definition) is 2. The lowest BCUT2D eigenvalue weighted by atomic mass is 10.1. The van der Waals surface area contributed by atoms with Crippen LogP contribution in [0.1, 0.15) is 24.1 Å². The van der Waals surface area contributed by atoms with Crippen molar-refractivity contribution in [2.45, 2.75) is 19.4 Å². The van der Waals surface area contributed by atoms with Crippen molar-refractivity contribution in [2.24, 2.45) is 5.73 Å². The first-order chi connectivity index (χ1) is 9.61. The molecule has 2 aromatic rings. The van der Waals surface area contributed by atoms with Crippen LogP contribution in [0.25, 0.3) is 0 Å². The Balaban J connectivity index is 2.16. The number of rotatable bonds is 4. The normalized spacial score (nSPS) is 11.9. The Morgan fingerprint density at radius 2 is 1.95 bits per heavy atom. The van der Waals surface area contributed by atoms with E-state index in [1.807, 2.05) is 48.5 Å². The average molecular weight is 333 g/mol. The minimum atomic E-state index is -0.662. The van der Waals surface area contributed by atoms with Gasteiger partial charge in [-0.3, -0.25) is 4.79 Å². The first kappa shape index (κ1) is 14.8. The molecule has 4 heteroatoms. The molecule has 2 aromatic carbocycles. The van der Waals surface area contributed by atoms with E-state index in [-0.39, 0.29) is 5.91 Å². The quantitative estimate of drug-likeness (QED) is 0.897. The topological polar surface area (TPSA) is 55.1 Å². The molecule has 0 aliphatic rings. The van der Waals surface area contributed by atoms with Gasteiger partial charge in [0.1, 0.15) is 6.04 Å². The molecule has 0 fully saturated rings. The molecule has 3 N–H and O–H groups in total. The van der Waals surface area contributed by atoms with E-state index >= 15 is 0 Å². The van der Waals surface area contributed by atoms with E-state index in [0.717, 1.165) is 27.7 Å². The Hall–Kier alpha value is -1.65. The van der Waals surface area contributed by atoms with Gasteiger partial charge in [0.05, 0.1) is 0 Å². The van der Waals surface area contributed by atoms with Crippen LogP contribution in [-0.2, 0) is 11.2 Å². The van der Waals surface area contributed by atoms with Crippen LogP contribution in [0.3, 0.4) is 0 Å². The third-order valence-corrected chi connectivity index (χ3v) is 3.64. The number of anilines is 1. The molecule has 0 radical (unpaired) electrons. The summed E-state index contributed by atoms with van der Waals surface area (Å²) in [6, 6.07) is 14.5. The third kappa shape index (κ3) is 3.46. The summed E-state index contributed by atoms with van der Waals surface area (Å²) in [6.07, 6.45) is 0.843. The number of amides is 1. The van der Waals surface area contributed by atoms with Crippen molar-refractivity contribution in [3.05, 3.63) is 64.1 Å². The zero-order valence-corrected chi connectivity index (χ0v) is 12.9. The molecule has 2 rings (SSSR count). The molecule has 0 unspecified atom stereocenters. The molecular weight excluding hydrogens is 316 g/mol. The number of nitrogens with one attached hydrogen (secondary N) is 1. The molecular formula is C16H17BrN2O. The summed E-state index contributed by atoms with van der Waals surface area (Å²) in [6.45, 7) is 2.05. The highest BCUT2D eigenvalue weighted by atomic mass is 79.9. The van der Waals surface area contributed by atoms with E-state index in [2.05, 4.69) is 28.2 Å². The van der Waals surface area contributed by atoms with Crippen LogP contribution < -0.4 is 11.1 Å². The Kier molecular flexibility index (Phi) is 4.93. The van der Waals surface area contributed by atoms with Gasteiger partial charge in [0.25, 0.3) is 0 Å². The highest BCUT2D eigenvalue weighted by Gasteiger charge is 2.16. The molecule has 0 heterocycles. The van der Waals surface area contributed by atoms with Crippen molar-refractivity contribution >= 4 is 27.5 Å². The van der Waals surface area contributed by atoms with Gasteiger partial charge in [-0.15, -0.1) is 0 Å². The molecule has 0 saturated carbocycles. The number of carbonyl (C=O) groups excluding carboxylic acids is 1. The Morgan fingerprint density at radius 3 is 2.60 bits per heavy atom. The van der Waals surface area contributed by atoms with Gasteiger partial charge in [0.15, 0.2) is 0 Å². The fourth-order valence-corrected chi connectivity index (χ4v) is 2.41. The number of aryl methyl sites for hydroxylation is 1. The van der Waals surface area contributed by atoms with Gasteiger partial charge in [0, 0.05) is 10.2 Å². The van der Waals surface area contributed by atoms with Crippen LogP contribution in [-0.4, -0.2) is 5.91 Å². The van der Waals surface area contributed by atoms with Crippen molar-refractivity contribution in [2.75, 3.05) is 5.32 Å². The molecule has 0 bridgehead atoms. The standard InChI is InChI=1S/C16H17BrN2O/c1-2-11-10-13(17)8-9-14(11)19-16(20)15(18)12-6-4-3-5-7-12/h3-10,15H,2,18H2,1H3,(H,19,20)/t15-/m0/s1. The minimum absolute atomic E-state index is 0.201. The summed E-state index contributed by atoms with van der Waals surface area (Å²) in [5.41, 5.74) is 8.68. The number of hydrogen-bond acceptors (Lipinski definition) is 2. The first-order valence-electron chi connectivity index (χ1n) is 6.51. The summed E-state index contributed by atoms with van der Waals surface area (Å²) in [5, 5.41) is 2.90. The molecule has 0 spiro atoms.